The lowest BCUT2D eigenvalue weighted by atomic mass is 9.93. The van der Waals surface area contributed by atoms with Gasteiger partial charge in [0.05, 0.1) is 0 Å². The second-order valence-corrected chi connectivity index (χ2v) is 7.68. The van der Waals surface area contributed by atoms with Crippen molar-refractivity contribution < 1.29 is 0 Å². The summed E-state index contributed by atoms with van der Waals surface area (Å²) >= 11 is 0. The highest BCUT2D eigenvalue weighted by Crippen LogP contribution is 2.13. The zero-order valence-corrected chi connectivity index (χ0v) is 16.3. The third kappa shape index (κ3) is 9.26. The van der Waals surface area contributed by atoms with Crippen LogP contribution in [0, 0.1) is 5.41 Å². The molecule has 22 heavy (non-hydrogen) atoms. The van der Waals surface area contributed by atoms with Gasteiger partial charge in [0.2, 0.25) is 0 Å². The zero-order chi connectivity index (χ0) is 17.3. The average Bonchev–Trinajstić information content (AvgIpc) is 2.35. The van der Waals surface area contributed by atoms with Crippen LogP contribution in [-0.2, 0) is 0 Å². The summed E-state index contributed by atoms with van der Waals surface area (Å²) < 4.78 is 0. The Hall–Kier alpha value is -0.810. The van der Waals surface area contributed by atoms with E-state index in [0.717, 1.165) is 32.1 Å². The van der Waals surface area contributed by atoms with E-state index in [1.165, 1.54) is 0 Å². The highest BCUT2D eigenvalue weighted by Gasteiger charge is 2.19. The Balaban J connectivity index is 4.24. The summed E-state index contributed by atoms with van der Waals surface area (Å²) in [6.45, 7) is 17.4. The second-order valence-electron chi connectivity index (χ2n) is 7.68. The first-order valence-electron chi connectivity index (χ1n) is 8.44. The molecule has 0 aromatic carbocycles. The monoisotopic (exact) mass is 313 g/mol. The van der Waals surface area contributed by atoms with Gasteiger partial charge < -0.3 is 15.5 Å². The Kier molecular flexibility index (Phi) is 9.69. The van der Waals surface area contributed by atoms with Crippen molar-refractivity contribution >= 4 is 5.96 Å². The molecule has 2 N–H and O–H groups in total. The summed E-state index contributed by atoms with van der Waals surface area (Å²) in [5, 5.41) is 6.86. The number of guanidine groups is 1. The standard InChI is InChI=1S/C17H39N5/c1-14(2)22(15(3)4)11-10-19-16(18-7)20-12-17(5,6)13-21(8)9/h14-15H,10-13H2,1-9H3,(H2,18,19,20). The van der Waals surface area contributed by atoms with Gasteiger partial charge in [0.15, 0.2) is 5.96 Å². The lowest BCUT2D eigenvalue weighted by Crippen LogP contribution is -2.48. The van der Waals surface area contributed by atoms with E-state index in [2.05, 4.69) is 81.1 Å². The molecule has 0 spiro atoms. The lowest BCUT2D eigenvalue weighted by Gasteiger charge is -2.31. The SMILES string of the molecule is CN=C(NCCN(C(C)C)C(C)C)NCC(C)(C)CN(C)C. The molecule has 0 amide bonds. The molecule has 0 bridgehead atoms. The zero-order valence-electron chi connectivity index (χ0n) is 16.3. The molecule has 0 saturated heterocycles. The van der Waals surface area contributed by atoms with E-state index in [9.17, 15) is 0 Å². The molecule has 0 radical (unpaired) electrons. The van der Waals surface area contributed by atoms with Gasteiger partial charge >= 0.3 is 0 Å². The first-order valence-corrected chi connectivity index (χ1v) is 8.44. The predicted octanol–water partition coefficient (Wildman–Crippen LogP) is 1.86. The van der Waals surface area contributed by atoms with Gasteiger partial charge in [-0.15, -0.1) is 0 Å². The minimum Gasteiger partial charge on any atom is -0.356 e. The van der Waals surface area contributed by atoms with Gasteiger partial charge in [-0.25, -0.2) is 0 Å². The highest BCUT2D eigenvalue weighted by molar-refractivity contribution is 5.79. The molecule has 0 aromatic rings. The highest BCUT2D eigenvalue weighted by atomic mass is 15.2. The van der Waals surface area contributed by atoms with E-state index in [1.807, 2.05) is 7.05 Å². The van der Waals surface area contributed by atoms with Crippen LogP contribution in [0.3, 0.4) is 0 Å². The van der Waals surface area contributed by atoms with Crippen molar-refractivity contribution in [1.82, 2.24) is 20.4 Å². The number of aliphatic imine (C=N–C) groups is 1. The summed E-state index contributed by atoms with van der Waals surface area (Å²) in [6, 6.07) is 1.13. The van der Waals surface area contributed by atoms with Crippen molar-refractivity contribution in [3.8, 4) is 0 Å². The fraction of sp³-hybridized carbons (Fsp3) is 0.941. The van der Waals surface area contributed by atoms with Crippen molar-refractivity contribution in [2.24, 2.45) is 10.4 Å². The molecule has 0 rings (SSSR count). The van der Waals surface area contributed by atoms with Crippen molar-refractivity contribution in [3.63, 3.8) is 0 Å². The van der Waals surface area contributed by atoms with E-state index in [-0.39, 0.29) is 5.41 Å². The molecule has 0 heterocycles. The smallest absolute Gasteiger partial charge is 0.191 e. The molecule has 0 unspecified atom stereocenters. The van der Waals surface area contributed by atoms with Gasteiger partial charge in [0.25, 0.3) is 0 Å². The van der Waals surface area contributed by atoms with E-state index >= 15 is 0 Å². The van der Waals surface area contributed by atoms with Crippen LogP contribution in [0.1, 0.15) is 41.5 Å². The molecular formula is C17H39N5. The van der Waals surface area contributed by atoms with Crippen molar-refractivity contribution in [2.75, 3.05) is 47.3 Å². The van der Waals surface area contributed by atoms with E-state index in [1.54, 1.807) is 0 Å². The summed E-state index contributed by atoms with van der Waals surface area (Å²) in [5.74, 6) is 0.888. The van der Waals surface area contributed by atoms with Gasteiger partial charge in [-0.3, -0.25) is 9.89 Å². The molecular weight excluding hydrogens is 274 g/mol. The predicted molar refractivity (Wildman–Crippen MR) is 98.7 cm³/mol. The Morgan fingerprint density at radius 1 is 1.05 bits per heavy atom. The minimum atomic E-state index is 0.211. The second kappa shape index (κ2) is 10.1. The van der Waals surface area contributed by atoms with Crippen LogP contribution >= 0.6 is 0 Å². The molecule has 5 heteroatoms. The topological polar surface area (TPSA) is 42.9 Å². The molecule has 0 atom stereocenters. The lowest BCUT2D eigenvalue weighted by molar-refractivity contribution is 0.178. The van der Waals surface area contributed by atoms with Gasteiger partial charge in [0, 0.05) is 45.3 Å². The van der Waals surface area contributed by atoms with Crippen molar-refractivity contribution in [2.45, 2.75) is 53.6 Å². The van der Waals surface area contributed by atoms with Gasteiger partial charge in [-0.05, 0) is 47.2 Å². The number of hydrogen-bond donors (Lipinski definition) is 2. The summed E-state index contributed by atoms with van der Waals surface area (Å²) in [5.41, 5.74) is 0.211. The van der Waals surface area contributed by atoms with Gasteiger partial charge in [-0.2, -0.15) is 0 Å². The number of nitrogens with one attached hydrogen (secondary N) is 2. The Morgan fingerprint density at radius 3 is 2.00 bits per heavy atom. The molecule has 0 saturated carbocycles. The maximum atomic E-state index is 4.32. The van der Waals surface area contributed by atoms with Crippen LogP contribution in [0.15, 0.2) is 4.99 Å². The van der Waals surface area contributed by atoms with Gasteiger partial charge in [0.1, 0.15) is 0 Å². The van der Waals surface area contributed by atoms with Crippen LogP contribution in [0.4, 0.5) is 0 Å². The molecule has 0 aliphatic carbocycles. The van der Waals surface area contributed by atoms with E-state index < -0.39 is 0 Å². The van der Waals surface area contributed by atoms with Crippen LogP contribution in [0.2, 0.25) is 0 Å². The number of rotatable bonds is 9. The quantitative estimate of drug-likeness (QED) is 0.504. The van der Waals surface area contributed by atoms with Crippen LogP contribution in [0.25, 0.3) is 0 Å². The fourth-order valence-corrected chi connectivity index (χ4v) is 2.87. The molecule has 5 nitrogen and oxygen atoms in total. The van der Waals surface area contributed by atoms with Crippen LogP contribution < -0.4 is 10.6 Å². The van der Waals surface area contributed by atoms with E-state index in [0.29, 0.717) is 12.1 Å². The molecule has 0 aromatic heterocycles. The molecule has 0 aliphatic rings. The maximum absolute atomic E-state index is 4.32. The van der Waals surface area contributed by atoms with Crippen LogP contribution in [0.5, 0.6) is 0 Å². The summed E-state index contributed by atoms with van der Waals surface area (Å²) in [4.78, 5) is 9.02. The third-order valence-electron chi connectivity index (χ3n) is 3.69. The maximum Gasteiger partial charge on any atom is 0.191 e. The van der Waals surface area contributed by atoms with Crippen molar-refractivity contribution in [1.29, 1.82) is 0 Å². The Morgan fingerprint density at radius 2 is 1.59 bits per heavy atom. The van der Waals surface area contributed by atoms with Crippen LogP contribution in [-0.4, -0.2) is 75.2 Å². The van der Waals surface area contributed by atoms with E-state index in [4.69, 9.17) is 0 Å². The van der Waals surface area contributed by atoms with Gasteiger partial charge in [-0.1, -0.05) is 13.8 Å². The third-order valence-corrected chi connectivity index (χ3v) is 3.69. The summed E-state index contributed by atoms with van der Waals surface area (Å²) in [7, 11) is 6.05. The minimum absolute atomic E-state index is 0.211. The largest absolute Gasteiger partial charge is 0.356 e. The molecule has 0 fully saturated rings. The first-order chi connectivity index (χ1) is 10.1. The summed E-state index contributed by atoms with van der Waals surface area (Å²) in [6.07, 6.45) is 0. The molecule has 0 aliphatic heterocycles. The fourth-order valence-electron chi connectivity index (χ4n) is 2.87. The first kappa shape index (κ1) is 21.2. The molecule has 132 valence electrons. The number of hydrogen-bond acceptors (Lipinski definition) is 3. The normalized spacial score (nSPS) is 13.6. The van der Waals surface area contributed by atoms with Crippen molar-refractivity contribution in [3.05, 3.63) is 0 Å². The Bertz CT molecular complexity index is 313. The Labute approximate surface area is 138 Å². The number of nitrogens with zero attached hydrogens (tertiary/aromatic N) is 3. The average molecular weight is 314 g/mol.